The fourth-order valence-corrected chi connectivity index (χ4v) is 8.98. The Kier molecular flexibility index (Phi) is 7.04. The summed E-state index contributed by atoms with van der Waals surface area (Å²) in [4.78, 5) is 2.38. The molecule has 240 valence electrons. The van der Waals surface area contributed by atoms with Crippen LogP contribution in [-0.2, 0) is 0 Å². The van der Waals surface area contributed by atoms with Gasteiger partial charge in [-0.05, 0) is 76.9 Å². The molecule has 2 nitrogen and oxygen atoms in total. The van der Waals surface area contributed by atoms with Gasteiger partial charge in [-0.2, -0.15) is 0 Å². The summed E-state index contributed by atoms with van der Waals surface area (Å²) in [7, 11) is 0. The molecule has 3 heteroatoms. The molecule has 0 spiro atoms. The summed E-state index contributed by atoms with van der Waals surface area (Å²) in [6.45, 7) is 0. The van der Waals surface area contributed by atoms with Gasteiger partial charge in [0.25, 0.3) is 0 Å². The van der Waals surface area contributed by atoms with Crippen molar-refractivity contribution in [1.29, 1.82) is 0 Å². The minimum Gasteiger partial charge on any atom is -0.309 e. The summed E-state index contributed by atoms with van der Waals surface area (Å²) < 4.78 is 4.98. The first kappa shape index (κ1) is 29.5. The normalized spacial score (nSPS) is 11.5. The van der Waals surface area contributed by atoms with Crippen LogP contribution in [0.1, 0.15) is 0 Å². The minimum atomic E-state index is 1.15. The third-order valence-corrected chi connectivity index (χ3v) is 11.3. The second-order valence-corrected chi connectivity index (χ2v) is 14.0. The van der Waals surface area contributed by atoms with Gasteiger partial charge in [-0.3, -0.25) is 0 Å². The molecule has 0 N–H and O–H groups in total. The van der Waals surface area contributed by atoms with E-state index in [9.17, 15) is 0 Å². The molecule has 0 saturated heterocycles. The van der Waals surface area contributed by atoms with Crippen molar-refractivity contribution < 1.29 is 0 Å². The van der Waals surface area contributed by atoms with Crippen LogP contribution in [0.4, 0.5) is 17.1 Å². The molecule has 10 rings (SSSR count). The zero-order valence-electron chi connectivity index (χ0n) is 27.8. The number of nitrogens with zero attached hydrogens (tertiary/aromatic N) is 2. The van der Waals surface area contributed by atoms with Gasteiger partial charge in [-0.1, -0.05) is 140 Å². The van der Waals surface area contributed by atoms with E-state index in [1.807, 2.05) is 11.3 Å². The van der Waals surface area contributed by atoms with E-state index in [4.69, 9.17) is 0 Å². The van der Waals surface area contributed by atoms with Gasteiger partial charge in [0.1, 0.15) is 0 Å². The van der Waals surface area contributed by atoms with Gasteiger partial charge in [0.05, 0.1) is 21.4 Å². The van der Waals surface area contributed by atoms with E-state index >= 15 is 0 Å². The van der Waals surface area contributed by atoms with Crippen LogP contribution in [0.5, 0.6) is 0 Å². The Morgan fingerprint density at radius 3 is 1.65 bits per heavy atom. The zero-order valence-corrected chi connectivity index (χ0v) is 28.6. The molecular weight excluding hydrogens is 637 g/mol. The van der Waals surface area contributed by atoms with E-state index in [1.54, 1.807) is 0 Å². The van der Waals surface area contributed by atoms with E-state index in [1.165, 1.54) is 75.6 Å². The van der Waals surface area contributed by atoms with Crippen LogP contribution in [0, 0.1) is 0 Å². The van der Waals surface area contributed by atoms with Gasteiger partial charge in [-0.15, -0.1) is 11.3 Å². The molecule has 0 radical (unpaired) electrons. The Bertz CT molecular complexity index is 2790. The number of para-hydroxylation sites is 4. The average molecular weight is 669 g/mol. The highest BCUT2D eigenvalue weighted by Gasteiger charge is 2.19. The second kappa shape index (κ2) is 12.2. The van der Waals surface area contributed by atoms with Crippen molar-refractivity contribution in [2.24, 2.45) is 0 Å². The maximum atomic E-state index is 2.38. The second-order valence-electron chi connectivity index (χ2n) is 12.9. The molecule has 0 fully saturated rings. The Labute approximate surface area is 300 Å². The molecule has 51 heavy (non-hydrogen) atoms. The van der Waals surface area contributed by atoms with Crippen molar-refractivity contribution in [2.75, 3.05) is 4.90 Å². The molecule has 2 aromatic heterocycles. The summed E-state index contributed by atoms with van der Waals surface area (Å²) in [6, 6.07) is 70.2. The first-order valence-electron chi connectivity index (χ1n) is 17.4. The SMILES string of the molecule is c1ccc(N(c2ccccc2)c2cccc3c2sc2c(-c4ccc(-c5ccc6c7ccccc7n(-c7ccccc7)c6c5)cc4)cccc23)cc1. The number of anilines is 3. The number of thiophene rings is 1. The van der Waals surface area contributed by atoms with Crippen molar-refractivity contribution in [3.63, 3.8) is 0 Å². The van der Waals surface area contributed by atoms with E-state index in [0.717, 1.165) is 11.4 Å². The minimum absolute atomic E-state index is 1.15. The van der Waals surface area contributed by atoms with E-state index in [0.29, 0.717) is 0 Å². The lowest BCUT2D eigenvalue weighted by Gasteiger charge is -2.25. The van der Waals surface area contributed by atoms with Gasteiger partial charge in [-0.25, -0.2) is 0 Å². The molecule has 0 saturated carbocycles. The van der Waals surface area contributed by atoms with Crippen molar-refractivity contribution >= 4 is 70.4 Å². The van der Waals surface area contributed by atoms with Crippen LogP contribution in [0.3, 0.4) is 0 Å². The molecule has 0 amide bonds. The van der Waals surface area contributed by atoms with Crippen molar-refractivity contribution in [3.05, 3.63) is 194 Å². The molecule has 0 atom stereocenters. The number of fused-ring (bicyclic) bond motifs is 6. The van der Waals surface area contributed by atoms with Crippen LogP contribution in [0.2, 0.25) is 0 Å². The number of rotatable bonds is 6. The molecule has 0 aliphatic rings. The average Bonchev–Trinajstić information content (AvgIpc) is 3.75. The third kappa shape index (κ3) is 4.93. The maximum absolute atomic E-state index is 2.38. The number of hydrogen-bond donors (Lipinski definition) is 0. The van der Waals surface area contributed by atoms with E-state index < -0.39 is 0 Å². The Morgan fingerprint density at radius 1 is 0.373 bits per heavy atom. The van der Waals surface area contributed by atoms with Crippen LogP contribution >= 0.6 is 11.3 Å². The summed E-state index contributed by atoms with van der Waals surface area (Å²) in [5.74, 6) is 0. The quantitative estimate of drug-likeness (QED) is 0.171. The molecule has 0 bridgehead atoms. The predicted octanol–water partition coefficient (Wildman–Crippen LogP) is 14.0. The van der Waals surface area contributed by atoms with Crippen LogP contribution in [-0.4, -0.2) is 4.57 Å². The predicted molar refractivity (Wildman–Crippen MR) is 219 cm³/mol. The highest BCUT2D eigenvalue weighted by Crippen LogP contribution is 2.47. The maximum Gasteiger partial charge on any atom is 0.0640 e. The lowest BCUT2D eigenvalue weighted by atomic mass is 9.98. The van der Waals surface area contributed by atoms with Crippen molar-refractivity contribution in [2.45, 2.75) is 0 Å². The molecule has 8 aromatic carbocycles. The van der Waals surface area contributed by atoms with Gasteiger partial charge in [0.15, 0.2) is 0 Å². The summed E-state index contributed by atoms with van der Waals surface area (Å²) >= 11 is 1.89. The first-order chi connectivity index (χ1) is 25.3. The number of hydrogen-bond acceptors (Lipinski definition) is 2. The molecule has 0 unspecified atom stereocenters. The van der Waals surface area contributed by atoms with Gasteiger partial charge in [0, 0.05) is 43.3 Å². The Morgan fingerprint density at radius 2 is 0.922 bits per heavy atom. The van der Waals surface area contributed by atoms with Gasteiger partial charge in [0.2, 0.25) is 0 Å². The van der Waals surface area contributed by atoms with Gasteiger partial charge < -0.3 is 9.47 Å². The Hall–Kier alpha value is -6.42. The summed E-state index contributed by atoms with van der Waals surface area (Å²) in [5.41, 5.74) is 12.0. The van der Waals surface area contributed by atoms with Gasteiger partial charge >= 0.3 is 0 Å². The lowest BCUT2D eigenvalue weighted by molar-refractivity contribution is 1.18. The highest BCUT2D eigenvalue weighted by molar-refractivity contribution is 7.27. The van der Waals surface area contributed by atoms with Crippen LogP contribution in [0.25, 0.3) is 69.9 Å². The number of benzene rings is 8. The lowest BCUT2D eigenvalue weighted by Crippen LogP contribution is -2.09. The first-order valence-corrected chi connectivity index (χ1v) is 18.2. The number of aromatic nitrogens is 1. The van der Waals surface area contributed by atoms with E-state index in [2.05, 4.69) is 204 Å². The monoisotopic (exact) mass is 668 g/mol. The summed E-state index contributed by atoms with van der Waals surface area (Å²) in [5, 5.41) is 5.11. The van der Waals surface area contributed by atoms with Crippen molar-refractivity contribution in [1.82, 2.24) is 4.57 Å². The van der Waals surface area contributed by atoms with Crippen molar-refractivity contribution in [3.8, 4) is 27.9 Å². The Balaban J connectivity index is 1.08. The topological polar surface area (TPSA) is 8.17 Å². The van der Waals surface area contributed by atoms with Crippen LogP contribution < -0.4 is 4.90 Å². The zero-order chi connectivity index (χ0) is 33.7. The van der Waals surface area contributed by atoms with E-state index in [-0.39, 0.29) is 0 Å². The summed E-state index contributed by atoms with van der Waals surface area (Å²) in [6.07, 6.45) is 0. The standard InChI is InChI=1S/C48H32N2S/c1-4-14-36(15-5-1)49(37-16-6-2-7-17-37)45-25-13-23-43-42-22-12-21-39(47(42)51-48(43)45)34-28-26-33(27-29-34)35-30-31-41-40-20-10-11-24-44(40)50(46(41)32-35)38-18-8-3-9-19-38/h1-32H. The molecule has 0 aliphatic carbocycles. The fourth-order valence-electron chi connectivity index (χ4n) is 7.64. The van der Waals surface area contributed by atoms with Crippen LogP contribution in [0.15, 0.2) is 194 Å². The highest BCUT2D eigenvalue weighted by atomic mass is 32.1. The fraction of sp³-hybridized carbons (Fsp3) is 0. The third-order valence-electron chi connectivity index (χ3n) is 9.99. The molecular formula is C48H32N2S. The molecule has 10 aromatic rings. The largest absolute Gasteiger partial charge is 0.309 e. The molecule has 2 heterocycles. The molecule has 0 aliphatic heterocycles. The smallest absolute Gasteiger partial charge is 0.0640 e.